The number of aromatic nitrogens is 1. The summed E-state index contributed by atoms with van der Waals surface area (Å²) in [5, 5.41) is 3.27. The van der Waals surface area contributed by atoms with Gasteiger partial charge in [0.15, 0.2) is 0 Å². The number of para-hydroxylation sites is 1. The van der Waals surface area contributed by atoms with E-state index in [9.17, 15) is 9.59 Å². The molecule has 5 nitrogen and oxygen atoms in total. The molecule has 4 aromatic rings. The van der Waals surface area contributed by atoms with Gasteiger partial charge in [0, 0.05) is 43.0 Å². The minimum Gasteiger partial charge on any atom is -0.341 e. The normalized spacial score (nSPS) is 18.5. The molecule has 6 rings (SSSR count). The van der Waals surface area contributed by atoms with Crippen LogP contribution in [-0.4, -0.2) is 45.8 Å². The van der Waals surface area contributed by atoms with Gasteiger partial charge in [0.2, 0.25) is 5.91 Å². The number of nitrogens with zero attached hydrogens (tertiary/aromatic N) is 3. The molecule has 33 heavy (non-hydrogen) atoms. The number of hydrogen-bond acceptors (Lipinski definition) is 2. The van der Waals surface area contributed by atoms with E-state index in [2.05, 4.69) is 34.9 Å². The van der Waals surface area contributed by atoms with Crippen molar-refractivity contribution in [1.82, 2.24) is 14.4 Å². The fraction of sp³-hybridized carbons (Fsp3) is 0.286. The SMILES string of the molecule is O=C(c1cccc2ccccc12)N1CCCC(C(=O)N2CCn3c(cc4ccccc43)C2)C1. The maximum atomic E-state index is 13.5. The lowest BCUT2D eigenvalue weighted by Crippen LogP contribution is -2.48. The summed E-state index contributed by atoms with van der Waals surface area (Å²) in [6.45, 7) is 3.39. The molecular weight excluding hydrogens is 410 g/mol. The summed E-state index contributed by atoms with van der Waals surface area (Å²) in [5.41, 5.74) is 3.16. The Kier molecular flexibility index (Phi) is 4.90. The van der Waals surface area contributed by atoms with Crippen molar-refractivity contribution >= 4 is 33.5 Å². The fourth-order valence-electron chi connectivity index (χ4n) is 5.55. The van der Waals surface area contributed by atoms with Crippen molar-refractivity contribution in [3.05, 3.63) is 84.1 Å². The van der Waals surface area contributed by atoms with E-state index in [0.29, 0.717) is 19.6 Å². The van der Waals surface area contributed by atoms with Crippen LogP contribution in [0.25, 0.3) is 21.7 Å². The van der Waals surface area contributed by atoms with E-state index in [-0.39, 0.29) is 17.7 Å². The standard InChI is InChI=1S/C28H27N3O2/c32-27(30-15-16-31-23(19-30)17-21-8-2-4-13-26(21)31)22-10-6-14-29(18-22)28(33)25-12-5-9-20-7-1-3-11-24(20)25/h1-5,7-9,11-13,17,22H,6,10,14-16,18-19H2. The third-order valence-electron chi connectivity index (χ3n) is 7.23. The largest absolute Gasteiger partial charge is 0.341 e. The van der Waals surface area contributed by atoms with Crippen molar-refractivity contribution < 1.29 is 9.59 Å². The highest BCUT2D eigenvalue weighted by atomic mass is 16.2. The molecule has 5 heteroatoms. The minimum absolute atomic E-state index is 0.0306. The molecular formula is C28H27N3O2. The molecule has 3 aromatic carbocycles. The fourth-order valence-corrected chi connectivity index (χ4v) is 5.55. The number of carbonyl (C=O) groups is 2. The maximum Gasteiger partial charge on any atom is 0.254 e. The van der Waals surface area contributed by atoms with Gasteiger partial charge in [-0.05, 0) is 47.2 Å². The molecule has 0 N–H and O–H groups in total. The first kappa shape index (κ1) is 20.0. The Hall–Kier alpha value is -3.60. The van der Waals surface area contributed by atoms with Crippen molar-refractivity contribution in [2.45, 2.75) is 25.9 Å². The molecule has 3 heterocycles. The first-order chi connectivity index (χ1) is 16.2. The number of fused-ring (bicyclic) bond motifs is 4. The molecule has 0 aliphatic carbocycles. The highest BCUT2D eigenvalue weighted by Crippen LogP contribution is 2.28. The van der Waals surface area contributed by atoms with Crippen LogP contribution in [0.3, 0.4) is 0 Å². The summed E-state index contributed by atoms with van der Waals surface area (Å²) in [6.07, 6.45) is 1.71. The van der Waals surface area contributed by atoms with Crippen molar-refractivity contribution in [3.63, 3.8) is 0 Å². The number of rotatable bonds is 2. The van der Waals surface area contributed by atoms with E-state index in [1.165, 1.54) is 16.6 Å². The first-order valence-corrected chi connectivity index (χ1v) is 11.8. The topological polar surface area (TPSA) is 45.6 Å². The Labute approximate surface area is 193 Å². The third-order valence-corrected chi connectivity index (χ3v) is 7.23. The van der Waals surface area contributed by atoms with Crippen LogP contribution in [0.2, 0.25) is 0 Å². The van der Waals surface area contributed by atoms with E-state index in [1.807, 2.05) is 52.3 Å². The predicted octanol–water partition coefficient (Wildman–Crippen LogP) is 4.69. The molecule has 1 fully saturated rings. The van der Waals surface area contributed by atoms with Gasteiger partial charge in [0.05, 0.1) is 12.5 Å². The Morgan fingerprint density at radius 1 is 0.788 bits per heavy atom. The molecule has 1 atom stereocenters. The molecule has 1 unspecified atom stereocenters. The lowest BCUT2D eigenvalue weighted by atomic mass is 9.95. The first-order valence-electron chi connectivity index (χ1n) is 11.8. The van der Waals surface area contributed by atoms with Crippen LogP contribution < -0.4 is 0 Å². The van der Waals surface area contributed by atoms with Gasteiger partial charge in [-0.15, -0.1) is 0 Å². The monoisotopic (exact) mass is 437 g/mol. The van der Waals surface area contributed by atoms with Gasteiger partial charge in [0.25, 0.3) is 5.91 Å². The number of piperidine rings is 1. The highest BCUT2D eigenvalue weighted by molar-refractivity contribution is 6.07. The third kappa shape index (κ3) is 3.48. The molecule has 2 aliphatic rings. The second-order valence-corrected chi connectivity index (χ2v) is 9.22. The zero-order valence-electron chi connectivity index (χ0n) is 18.6. The van der Waals surface area contributed by atoms with Gasteiger partial charge in [-0.3, -0.25) is 9.59 Å². The van der Waals surface area contributed by atoms with Crippen LogP contribution in [0, 0.1) is 5.92 Å². The maximum absolute atomic E-state index is 13.5. The van der Waals surface area contributed by atoms with E-state index in [4.69, 9.17) is 0 Å². The Balaban J connectivity index is 1.20. The average molecular weight is 438 g/mol. The minimum atomic E-state index is -0.131. The summed E-state index contributed by atoms with van der Waals surface area (Å²) >= 11 is 0. The average Bonchev–Trinajstić information content (AvgIpc) is 3.25. The number of likely N-dealkylation sites (tertiary alicyclic amines) is 1. The molecule has 2 aliphatic heterocycles. The van der Waals surface area contributed by atoms with Crippen LogP contribution >= 0.6 is 0 Å². The summed E-state index contributed by atoms with van der Waals surface area (Å²) in [5.74, 6) is 0.0820. The summed E-state index contributed by atoms with van der Waals surface area (Å²) < 4.78 is 2.33. The van der Waals surface area contributed by atoms with Crippen LogP contribution in [0.15, 0.2) is 72.8 Å². The zero-order chi connectivity index (χ0) is 22.4. The Bertz CT molecular complexity index is 1370. The lowest BCUT2D eigenvalue weighted by molar-refractivity contribution is -0.138. The van der Waals surface area contributed by atoms with Crippen molar-refractivity contribution in [1.29, 1.82) is 0 Å². The van der Waals surface area contributed by atoms with Crippen LogP contribution in [0.1, 0.15) is 28.9 Å². The van der Waals surface area contributed by atoms with Crippen LogP contribution in [0.5, 0.6) is 0 Å². The number of carbonyl (C=O) groups excluding carboxylic acids is 2. The van der Waals surface area contributed by atoms with Crippen molar-refractivity contribution in [3.8, 4) is 0 Å². The van der Waals surface area contributed by atoms with E-state index in [0.717, 1.165) is 42.3 Å². The number of benzene rings is 3. The van der Waals surface area contributed by atoms with E-state index >= 15 is 0 Å². The van der Waals surface area contributed by atoms with Gasteiger partial charge >= 0.3 is 0 Å². The van der Waals surface area contributed by atoms with Gasteiger partial charge in [-0.2, -0.15) is 0 Å². The Morgan fingerprint density at radius 2 is 1.58 bits per heavy atom. The number of amides is 2. The van der Waals surface area contributed by atoms with Crippen molar-refractivity contribution in [2.75, 3.05) is 19.6 Å². The predicted molar refractivity (Wildman–Crippen MR) is 130 cm³/mol. The summed E-state index contributed by atoms with van der Waals surface area (Å²) in [7, 11) is 0. The molecule has 1 aromatic heterocycles. The molecule has 0 radical (unpaired) electrons. The van der Waals surface area contributed by atoms with Gasteiger partial charge in [0.1, 0.15) is 0 Å². The number of hydrogen-bond donors (Lipinski definition) is 0. The van der Waals surface area contributed by atoms with Gasteiger partial charge < -0.3 is 14.4 Å². The summed E-state index contributed by atoms with van der Waals surface area (Å²) in [4.78, 5) is 30.8. The van der Waals surface area contributed by atoms with E-state index in [1.54, 1.807) is 0 Å². The van der Waals surface area contributed by atoms with Crippen LogP contribution in [0.4, 0.5) is 0 Å². The highest BCUT2D eigenvalue weighted by Gasteiger charge is 2.33. The molecule has 1 saturated heterocycles. The molecule has 2 amide bonds. The molecule has 0 bridgehead atoms. The molecule has 0 spiro atoms. The van der Waals surface area contributed by atoms with Crippen molar-refractivity contribution in [2.24, 2.45) is 5.92 Å². The summed E-state index contributed by atoms with van der Waals surface area (Å²) in [6, 6.07) is 24.5. The second kappa shape index (κ2) is 8.07. The quantitative estimate of drug-likeness (QED) is 0.457. The van der Waals surface area contributed by atoms with Crippen LogP contribution in [-0.2, 0) is 17.9 Å². The van der Waals surface area contributed by atoms with E-state index < -0.39 is 0 Å². The lowest BCUT2D eigenvalue weighted by Gasteiger charge is -2.37. The second-order valence-electron chi connectivity index (χ2n) is 9.22. The molecule has 166 valence electrons. The molecule has 0 saturated carbocycles. The zero-order valence-corrected chi connectivity index (χ0v) is 18.6. The van der Waals surface area contributed by atoms with Gasteiger partial charge in [-0.25, -0.2) is 0 Å². The van der Waals surface area contributed by atoms with Gasteiger partial charge in [-0.1, -0.05) is 54.6 Å². The smallest absolute Gasteiger partial charge is 0.254 e. The Morgan fingerprint density at radius 3 is 2.48 bits per heavy atom.